The number of carbonyl (C=O) groups is 1. The fourth-order valence-corrected chi connectivity index (χ4v) is 3.25. The van der Waals surface area contributed by atoms with Crippen LogP contribution in [0.1, 0.15) is 56.2 Å². The number of aryl methyl sites for hydroxylation is 1. The summed E-state index contributed by atoms with van der Waals surface area (Å²) in [6, 6.07) is -0.0462. The summed E-state index contributed by atoms with van der Waals surface area (Å²) in [5, 5.41) is 9.08. The highest BCUT2D eigenvalue weighted by atomic mass is 35.7. The number of hydrogen-bond acceptors (Lipinski definition) is 4. The van der Waals surface area contributed by atoms with Crippen molar-refractivity contribution >= 4 is 25.6 Å². The zero-order valence-electron chi connectivity index (χ0n) is 11.9. The van der Waals surface area contributed by atoms with Crippen LogP contribution in [-0.2, 0) is 15.5 Å². The molecule has 6 nitrogen and oxygen atoms in total. The Kier molecular flexibility index (Phi) is 6.01. The molecule has 0 aliphatic rings. The summed E-state index contributed by atoms with van der Waals surface area (Å²) >= 11 is 0. The summed E-state index contributed by atoms with van der Waals surface area (Å²) in [5.41, 5.74) is 0.173. The molecule has 1 atom stereocenters. The highest BCUT2D eigenvalue weighted by Crippen LogP contribution is 2.23. The van der Waals surface area contributed by atoms with Gasteiger partial charge in [0.1, 0.15) is 4.90 Å². The Hall–Kier alpha value is -1.08. The van der Waals surface area contributed by atoms with Gasteiger partial charge >= 0.3 is 0 Å². The Bertz CT molecular complexity index is 569. The van der Waals surface area contributed by atoms with Crippen LogP contribution in [0.5, 0.6) is 0 Å². The lowest BCUT2D eigenvalue weighted by atomic mass is 10.1. The first kappa shape index (κ1) is 17.0. The summed E-state index contributed by atoms with van der Waals surface area (Å²) in [7, 11) is 1.37. The summed E-state index contributed by atoms with van der Waals surface area (Å²) < 4.78 is 23.2. The molecule has 1 unspecified atom stereocenters. The van der Waals surface area contributed by atoms with Gasteiger partial charge in [0, 0.05) is 16.7 Å². The van der Waals surface area contributed by atoms with E-state index >= 15 is 0 Å². The van der Waals surface area contributed by atoms with Gasteiger partial charge in [-0.2, -0.15) is 5.10 Å². The van der Waals surface area contributed by atoms with Crippen LogP contribution in [0.3, 0.4) is 0 Å². The van der Waals surface area contributed by atoms with Crippen molar-refractivity contribution in [3.8, 4) is 0 Å². The van der Waals surface area contributed by atoms with E-state index in [0.717, 1.165) is 19.3 Å². The van der Waals surface area contributed by atoms with Gasteiger partial charge in [-0.25, -0.2) is 8.42 Å². The summed E-state index contributed by atoms with van der Waals surface area (Å²) in [6.45, 7) is 5.69. The van der Waals surface area contributed by atoms with Gasteiger partial charge in [-0.3, -0.25) is 9.89 Å². The smallest absolute Gasteiger partial charge is 0.273 e. The van der Waals surface area contributed by atoms with E-state index in [1.165, 1.54) is 0 Å². The van der Waals surface area contributed by atoms with Crippen molar-refractivity contribution in [3.63, 3.8) is 0 Å². The molecule has 1 rings (SSSR count). The van der Waals surface area contributed by atoms with Crippen molar-refractivity contribution in [1.82, 2.24) is 15.5 Å². The number of rotatable bonds is 7. The van der Waals surface area contributed by atoms with Gasteiger partial charge in [-0.15, -0.1) is 0 Å². The minimum absolute atomic E-state index is 0.0462. The lowest BCUT2D eigenvalue weighted by molar-refractivity contribution is 0.0929. The van der Waals surface area contributed by atoms with Gasteiger partial charge in [0.25, 0.3) is 15.0 Å². The maximum atomic E-state index is 12.1. The lowest BCUT2D eigenvalue weighted by Crippen LogP contribution is -2.33. The summed E-state index contributed by atoms with van der Waals surface area (Å²) in [5.74, 6) is -0.524. The van der Waals surface area contributed by atoms with Gasteiger partial charge in [0.2, 0.25) is 0 Å². The van der Waals surface area contributed by atoms with Gasteiger partial charge in [-0.1, -0.05) is 26.7 Å². The number of carbonyl (C=O) groups excluding carboxylic acids is 1. The summed E-state index contributed by atoms with van der Waals surface area (Å²) in [4.78, 5) is 11.9. The van der Waals surface area contributed by atoms with Crippen LogP contribution < -0.4 is 5.32 Å². The summed E-state index contributed by atoms with van der Waals surface area (Å²) in [6.07, 6.45) is 3.25. The number of amides is 1. The van der Waals surface area contributed by atoms with Crippen LogP contribution >= 0.6 is 10.7 Å². The van der Waals surface area contributed by atoms with E-state index in [2.05, 4.69) is 22.4 Å². The SMILES string of the molecule is CCCCC(C)NC(=O)c1n[nH]c(CC)c1S(=O)(=O)Cl. The third-order valence-corrected chi connectivity index (χ3v) is 4.36. The Labute approximate surface area is 123 Å². The second-order valence-electron chi connectivity index (χ2n) is 4.69. The van der Waals surface area contributed by atoms with Crippen molar-refractivity contribution < 1.29 is 13.2 Å². The van der Waals surface area contributed by atoms with Crippen molar-refractivity contribution in [1.29, 1.82) is 0 Å². The van der Waals surface area contributed by atoms with E-state index < -0.39 is 15.0 Å². The van der Waals surface area contributed by atoms with Crippen LogP contribution in [0.25, 0.3) is 0 Å². The van der Waals surface area contributed by atoms with Gasteiger partial charge in [0.15, 0.2) is 5.69 Å². The molecule has 0 bridgehead atoms. The third-order valence-electron chi connectivity index (χ3n) is 2.97. The molecule has 0 radical (unpaired) electrons. The van der Waals surface area contributed by atoms with E-state index in [-0.39, 0.29) is 16.6 Å². The number of aromatic amines is 1. The van der Waals surface area contributed by atoms with Gasteiger partial charge in [0.05, 0.1) is 5.69 Å². The number of H-pyrrole nitrogens is 1. The fraction of sp³-hybridized carbons (Fsp3) is 0.667. The molecule has 20 heavy (non-hydrogen) atoms. The molecule has 0 saturated heterocycles. The predicted molar refractivity (Wildman–Crippen MR) is 77.5 cm³/mol. The number of hydrogen-bond donors (Lipinski definition) is 2. The lowest BCUT2D eigenvalue weighted by Gasteiger charge is -2.12. The maximum absolute atomic E-state index is 12.1. The average molecular weight is 322 g/mol. The molecule has 0 aliphatic carbocycles. The molecule has 0 aromatic carbocycles. The Morgan fingerprint density at radius 3 is 2.60 bits per heavy atom. The number of halogens is 1. The molecule has 2 N–H and O–H groups in total. The zero-order chi connectivity index (χ0) is 15.3. The fourth-order valence-electron chi connectivity index (χ4n) is 1.90. The first-order valence-corrected chi connectivity index (χ1v) is 8.94. The largest absolute Gasteiger partial charge is 0.348 e. The normalized spacial score (nSPS) is 13.2. The molecule has 0 fully saturated rings. The molecule has 1 aromatic rings. The topological polar surface area (TPSA) is 91.9 Å². The van der Waals surface area contributed by atoms with Gasteiger partial charge < -0.3 is 5.32 Å². The second-order valence-corrected chi connectivity index (χ2v) is 7.19. The van der Waals surface area contributed by atoms with Crippen LogP contribution in [0.4, 0.5) is 0 Å². The van der Waals surface area contributed by atoms with Crippen LogP contribution in [-0.4, -0.2) is 30.6 Å². The number of unbranched alkanes of at least 4 members (excludes halogenated alkanes) is 1. The van der Waals surface area contributed by atoms with Crippen molar-refractivity contribution in [2.24, 2.45) is 0 Å². The van der Waals surface area contributed by atoms with E-state index in [9.17, 15) is 13.2 Å². The molecular weight excluding hydrogens is 302 g/mol. The number of nitrogens with one attached hydrogen (secondary N) is 2. The average Bonchev–Trinajstić information content (AvgIpc) is 2.80. The third kappa shape index (κ3) is 4.21. The standard InChI is InChI=1S/C12H20ClN3O3S/c1-4-6-7-8(3)14-12(17)10-11(20(13,18)19)9(5-2)15-16-10/h8H,4-7H2,1-3H3,(H,14,17)(H,15,16). The van der Waals surface area contributed by atoms with E-state index in [4.69, 9.17) is 10.7 Å². The van der Waals surface area contributed by atoms with E-state index in [1.54, 1.807) is 6.92 Å². The number of nitrogens with zero attached hydrogens (tertiary/aromatic N) is 1. The quantitative estimate of drug-likeness (QED) is 0.753. The van der Waals surface area contributed by atoms with Crippen LogP contribution in [0, 0.1) is 0 Å². The molecule has 0 aliphatic heterocycles. The zero-order valence-corrected chi connectivity index (χ0v) is 13.4. The first-order chi connectivity index (χ1) is 9.31. The second kappa shape index (κ2) is 7.08. The Morgan fingerprint density at radius 2 is 2.10 bits per heavy atom. The monoisotopic (exact) mass is 321 g/mol. The van der Waals surface area contributed by atoms with E-state index in [0.29, 0.717) is 12.1 Å². The minimum Gasteiger partial charge on any atom is -0.348 e. The van der Waals surface area contributed by atoms with Crippen LogP contribution in [0.2, 0.25) is 0 Å². The van der Waals surface area contributed by atoms with E-state index in [1.807, 2.05) is 6.92 Å². The maximum Gasteiger partial charge on any atom is 0.273 e. The Balaban J connectivity index is 2.97. The molecule has 1 amide bonds. The molecule has 0 spiro atoms. The molecular formula is C12H20ClN3O3S. The predicted octanol–water partition coefficient (Wildman–Crippen LogP) is 2.21. The Morgan fingerprint density at radius 1 is 1.45 bits per heavy atom. The van der Waals surface area contributed by atoms with Crippen molar-refractivity contribution in [3.05, 3.63) is 11.4 Å². The molecule has 8 heteroatoms. The minimum atomic E-state index is -4.01. The molecule has 114 valence electrons. The van der Waals surface area contributed by atoms with Gasteiger partial charge in [-0.05, 0) is 19.8 Å². The molecule has 1 heterocycles. The van der Waals surface area contributed by atoms with Crippen molar-refractivity contribution in [2.45, 2.75) is 57.4 Å². The van der Waals surface area contributed by atoms with Crippen molar-refractivity contribution in [2.75, 3.05) is 0 Å². The highest BCUT2D eigenvalue weighted by molar-refractivity contribution is 8.13. The number of aromatic nitrogens is 2. The molecule has 0 saturated carbocycles. The van der Waals surface area contributed by atoms with Crippen LogP contribution in [0.15, 0.2) is 4.90 Å². The highest BCUT2D eigenvalue weighted by Gasteiger charge is 2.28. The first-order valence-electron chi connectivity index (χ1n) is 6.64. The molecule has 1 aromatic heterocycles.